The second kappa shape index (κ2) is 4.42. The van der Waals surface area contributed by atoms with E-state index in [1.807, 2.05) is 28.9 Å². The number of hydrogen-bond acceptors (Lipinski definition) is 1. The van der Waals surface area contributed by atoms with E-state index in [2.05, 4.69) is 4.98 Å². The molecule has 0 atom stereocenters. The van der Waals surface area contributed by atoms with Crippen molar-refractivity contribution in [2.75, 3.05) is 0 Å². The number of imidazole rings is 1. The molecule has 2 nitrogen and oxygen atoms in total. The molecule has 2 heterocycles. The molecular weight excluding hydrogens is 251 g/mol. The van der Waals surface area contributed by atoms with Crippen molar-refractivity contribution in [1.82, 2.24) is 9.38 Å². The Morgan fingerprint density at radius 3 is 2.67 bits per heavy atom. The van der Waals surface area contributed by atoms with Crippen LogP contribution in [0.3, 0.4) is 0 Å². The van der Waals surface area contributed by atoms with Crippen LogP contribution in [-0.2, 0) is 6.42 Å². The Kier molecular flexibility index (Phi) is 2.76. The predicted octanol–water partition coefficient (Wildman–Crippen LogP) is 3.72. The van der Waals surface area contributed by atoms with Gasteiger partial charge in [-0.3, -0.25) is 0 Å². The van der Waals surface area contributed by atoms with Crippen molar-refractivity contribution in [3.05, 3.63) is 70.9 Å². The lowest BCUT2D eigenvalue weighted by molar-refractivity contribution is 0.627. The zero-order chi connectivity index (χ0) is 12.5. The summed E-state index contributed by atoms with van der Waals surface area (Å²) in [6, 6.07) is 10.1. The number of pyridine rings is 1. The summed E-state index contributed by atoms with van der Waals surface area (Å²) in [7, 11) is 0. The van der Waals surface area contributed by atoms with E-state index < -0.39 is 0 Å². The van der Waals surface area contributed by atoms with Gasteiger partial charge in [-0.25, -0.2) is 9.37 Å². The largest absolute Gasteiger partial charge is 0.306 e. The van der Waals surface area contributed by atoms with Gasteiger partial charge in [0, 0.05) is 18.8 Å². The Morgan fingerprint density at radius 2 is 1.94 bits per heavy atom. The average Bonchev–Trinajstić information content (AvgIpc) is 2.76. The molecule has 0 radical (unpaired) electrons. The van der Waals surface area contributed by atoms with E-state index in [-0.39, 0.29) is 5.82 Å². The lowest BCUT2D eigenvalue weighted by atomic mass is 10.1. The molecule has 18 heavy (non-hydrogen) atoms. The molecule has 0 fully saturated rings. The summed E-state index contributed by atoms with van der Waals surface area (Å²) in [5, 5.41) is 0.628. The Morgan fingerprint density at radius 1 is 1.17 bits per heavy atom. The van der Waals surface area contributed by atoms with E-state index in [9.17, 15) is 4.39 Å². The van der Waals surface area contributed by atoms with Crippen LogP contribution >= 0.6 is 11.6 Å². The topological polar surface area (TPSA) is 17.3 Å². The molecule has 0 aliphatic heterocycles. The smallest absolute Gasteiger partial charge is 0.155 e. The molecule has 0 N–H and O–H groups in total. The maximum Gasteiger partial charge on any atom is 0.155 e. The van der Waals surface area contributed by atoms with Crippen LogP contribution in [0, 0.1) is 5.82 Å². The van der Waals surface area contributed by atoms with Gasteiger partial charge in [-0.05, 0) is 29.8 Å². The fraction of sp³-hybridized carbons (Fsp3) is 0.0714. The lowest BCUT2D eigenvalue weighted by Crippen LogP contribution is -1.88. The van der Waals surface area contributed by atoms with E-state index in [1.165, 1.54) is 12.1 Å². The summed E-state index contributed by atoms with van der Waals surface area (Å²) in [5.41, 5.74) is 2.68. The number of fused-ring (bicyclic) bond motifs is 1. The van der Waals surface area contributed by atoms with Crippen molar-refractivity contribution in [3.8, 4) is 0 Å². The van der Waals surface area contributed by atoms with Crippen molar-refractivity contribution < 1.29 is 4.39 Å². The van der Waals surface area contributed by atoms with Crippen LogP contribution < -0.4 is 0 Å². The fourth-order valence-electron chi connectivity index (χ4n) is 1.93. The normalized spacial score (nSPS) is 11.0. The highest BCUT2D eigenvalue weighted by atomic mass is 35.5. The second-order valence-electron chi connectivity index (χ2n) is 4.12. The van der Waals surface area contributed by atoms with Crippen molar-refractivity contribution in [2.45, 2.75) is 6.42 Å². The maximum absolute atomic E-state index is 12.8. The van der Waals surface area contributed by atoms with E-state index in [0.29, 0.717) is 11.4 Å². The van der Waals surface area contributed by atoms with Gasteiger partial charge in [0.15, 0.2) is 5.65 Å². The van der Waals surface area contributed by atoms with Gasteiger partial charge in [0.05, 0.1) is 10.7 Å². The summed E-state index contributed by atoms with van der Waals surface area (Å²) in [6.07, 6.45) is 4.51. The van der Waals surface area contributed by atoms with Crippen LogP contribution in [0.1, 0.15) is 11.3 Å². The minimum absolute atomic E-state index is 0.225. The monoisotopic (exact) mass is 260 g/mol. The summed E-state index contributed by atoms with van der Waals surface area (Å²) in [4.78, 5) is 4.47. The SMILES string of the molecule is Fc1ccc(Cc2cn3cccc(Cl)c3n2)cc1. The molecule has 0 unspecified atom stereocenters. The lowest BCUT2D eigenvalue weighted by Gasteiger charge is -1.96. The van der Waals surface area contributed by atoms with Gasteiger partial charge < -0.3 is 4.40 Å². The molecule has 0 aliphatic carbocycles. The molecule has 0 saturated carbocycles. The van der Waals surface area contributed by atoms with Crippen molar-refractivity contribution in [2.24, 2.45) is 0 Å². The van der Waals surface area contributed by atoms with Crippen molar-refractivity contribution in [1.29, 1.82) is 0 Å². The highest BCUT2D eigenvalue weighted by Gasteiger charge is 2.05. The number of nitrogens with zero attached hydrogens (tertiary/aromatic N) is 2. The van der Waals surface area contributed by atoms with Gasteiger partial charge in [0.25, 0.3) is 0 Å². The van der Waals surface area contributed by atoms with Gasteiger partial charge in [0.1, 0.15) is 5.82 Å². The van der Waals surface area contributed by atoms with Crippen molar-refractivity contribution in [3.63, 3.8) is 0 Å². The Balaban J connectivity index is 1.95. The van der Waals surface area contributed by atoms with Crippen LogP contribution in [0.15, 0.2) is 48.8 Å². The Bertz CT molecular complexity index is 689. The minimum Gasteiger partial charge on any atom is -0.306 e. The fourth-order valence-corrected chi connectivity index (χ4v) is 2.14. The Hall–Kier alpha value is -1.87. The molecular formula is C14H10ClFN2. The molecule has 4 heteroatoms. The third-order valence-electron chi connectivity index (χ3n) is 2.78. The summed E-state index contributed by atoms with van der Waals surface area (Å²) < 4.78 is 14.7. The molecule has 90 valence electrons. The van der Waals surface area contributed by atoms with Gasteiger partial charge in [-0.1, -0.05) is 23.7 Å². The van der Waals surface area contributed by atoms with Crippen LogP contribution in [0.2, 0.25) is 5.02 Å². The first-order chi connectivity index (χ1) is 8.72. The Labute approximate surface area is 109 Å². The first-order valence-corrected chi connectivity index (χ1v) is 5.97. The van der Waals surface area contributed by atoms with Gasteiger partial charge >= 0.3 is 0 Å². The maximum atomic E-state index is 12.8. The standard InChI is InChI=1S/C14H10ClFN2/c15-13-2-1-7-18-9-12(17-14(13)18)8-10-3-5-11(16)6-4-10/h1-7,9H,8H2. The molecule has 1 aromatic carbocycles. The molecule has 0 spiro atoms. The highest BCUT2D eigenvalue weighted by molar-refractivity contribution is 6.33. The van der Waals surface area contributed by atoms with Crippen LogP contribution in [0.5, 0.6) is 0 Å². The molecule has 0 aliphatic rings. The summed E-state index contributed by atoms with van der Waals surface area (Å²) in [5.74, 6) is -0.225. The average molecular weight is 261 g/mol. The first-order valence-electron chi connectivity index (χ1n) is 5.59. The van der Waals surface area contributed by atoms with E-state index in [1.54, 1.807) is 12.1 Å². The zero-order valence-electron chi connectivity index (χ0n) is 9.48. The summed E-state index contributed by atoms with van der Waals surface area (Å²) in [6.45, 7) is 0. The van der Waals surface area contributed by atoms with Crippen LogP contribution in [0.4, 0.5) is 4.39 Å². The van der Waals surface area contributed by atoms with Gasteiger partial charge in [0.2, 0.25) is 0 Å². The van der Waals surface area contributed by atoms with E-state index >= 15 is 0 Å². The van der Waals surface area contributed by atoms with E-state index in [0.717, 1.165) is 16.9 Å². The van der Waals surface area contributed by atoms with Crippen LogP contribution in [0.25, 0.3) is 5.65 Å². The third-order valence-corrected chi connectivity index (χ3v) is 3.08. The third kappa shape index (κ3) is 2.09. The number of aromatic nitrogens is 2. The van der Waals surface area contributed by atoms with Gasteiger partial charge in [-0.15, -0.1) is 0 Å². The van der Waals surface area contributed by atoms with Crippen molar-refractivity contribution >= 4 is 17.2 Å². The van der Waals surface area contributed by atoms with Gasteiger partial charge in [-0.2, -0.15) is 0 Å². The number of benzene rings is 1. The van der Waals surface area contributed by atoms with Crippen LogP contribution in [-0.4, -0.2) is 9.38 Å². The molecule has 3 rings (SSSR count). The number of rotatable bonds is 2. The quantitative estimate of drug-likeness (QED) is 0.686. The highest BCUT2D eigenvalue weighted by Crippen LogP contribution is 2.17. The first kappa shape index (κ1) is 11.2. The molecule has 0 amide bonds. The number of hydrogen-bond donors (Lipinski definition) is 0. The summed E-state index contributed by atoms with van der Waals surface area (Å²) >= 11 is 6.06. The molecule has 3 aromatic rings. The minimum atomic E-state index is -0.225. The molecule has 2 aromatic heterocycles. The molecule has 0 saturated heterocycles. The zero-order valence-corrected chi connectivity index (χ0v) is 10.2. The van der Waals surface area contributed by atoms with E-state index in [4.69, 9.17) is 11.6 Å². The second-order valence-corrected chi connectivity index (χ2v) is 4.53. The number of halogens is 2. The molecule has 0 bridgehead atoms. The predicted molar refractivity (Wildman–Crippen MR) is 69.4 cm³/mol.